The number of rotatable bonds is 12. The van der Waals surface area contributed by atoms with E-state index >= 15 is 0 Å². The smallest absolute Gasteiger partial charge is 0.135 e. The highest BCUT2D eigenvalue weighted by molar-refractivity contribution is 5.80. The molecule has 0 saturated carbocycles. The number of carbonyl (C=O) groups is 1. The lowest BCUT2D eigenvalue weighted by atomic mass is 9.82. The number of hydrogen-bond donors (Lipinski definition) is 0. The molecule has 0 N–H and O–H groups in total. The van der Waals surface area contributed by atoms with Crippen molar-refractivity contribution in [3.8, 4) is 5.75 Å². The molecule has 250 valence electrons. The van der Waals surface area contributed by atoms with E-state index in [0.717, 1.165) is 67.7 Å². The lowest BCUT2D eigenvalue weighted by Gasteiger charge is -2.50. The molecule has 1 aromatic carbocycles. The molecule has 0 aromatic heterocycles. The highest BCUT2D eigenvalue weighted by Gasteiger charge is 2.40. The van der Waals surface area contributed by atoms with Crippen molar-refractivity contribution in [1.29, 1.82) is 0 Å². The van der Waals surface area contributed by atoms with Gasteiger partial charge in [0.1, 0.15) is 17.3 Å². The van der Waals surface area contributed by atoms with Gasteiger partial charge in [0, 0.05) is 48.1 Å². The predicted octanol–water partition coefficient (Wildman–Crippen LogP) is 8.51. The minimum absolute atomic E-state index is 0.0620. The SMILES string of the molecule is C=C1C=C2/C(=c3\cccc(OCCC)c3=C(C)CC)N(C)CC(C(C)(C)C)N2C=C1C(=C)OCC.CCCCC(=O)C(C)CC. The number of unbranched alkanes of at least 4 members (excludes halogenated alkanes) is 1. The lowest BCUT2D eigenvalue weighted by molar-refractivity contribution is -0.122. The van der Waals surface area contributed by atoms with Gasteiger partial charge < -0.3 is 19.3 Å². The number of hydrogen-bond acceptors (Lipinski definition) is 5. The summed E-state index contributed by atoms with van der Waals surface area (Å²) in [4.78, 5) is 16.0. The quantitative estimate of drug-likeness (QED) is 0.220. The first-order chi connectivity index (χ1) is 21.3. The lowest BCUT2D eigenvalue weighted by Crippen LogP contribution is -2.55. The summed E-state index contributed by atoms with van der Waals surface area (Å²) in [5, 5.41) is 2.41. The molecule has 3 rings (SSSR count). The Balaban J connectivity index is 0.000000607. The van der Waals surface area contributed by atoms with Gasteiger partial charge in [-0.1, -0.05) is 92.7 Å². The van der Waals surface area contributed by atoms with Crippen LogP contribution in [0.3, 0.4) is 0 Å². The summed E-state index contributed by atoms with van der Waals surface area (Å²) in [6.07, 6.45) is 10.3. The normalized spacial score (nSPS) is 19.0. The van der Waals surface area contributed by atoms with Crippen molar-refractivity contribution in [2.24, 2.45) is 11.3 Å². The second kappa shape index (κ2) is 17.5. The minimum Gasteiger partial charge on any atom is -0.494 e. The molecule has 0 bridgehead atoms. The van der Waals surface area contributed by atoms with Gasteiger partial charge in [-0.2, -0.15) is 0 Å². The zero-order valence-electron chi connectivity index (χ0n) is 30.4. The Kier molecular flexibility index (Phi) is 14.7. The fourth-order valence-corrected chi connectivity index (χ4v) is 5.73. The average molecular weight is 619 g/mol. The summed E-state index contributed by atoms with van der Waals surface area (Å²) in [5.74, 6) is 2.35. The Bertz CT molecular complexity index is 1370. The number of carbonyl (C=O) groups excluding carboxylic acids is 1. The van der Waals surface area contributed by atoms with E-state index in [0.29, 0.717) is 24.8 Å². The maximum atomic E-state index is 11.1. The zero-order valence-corrected chi connectivity index (χ0v) is 30.4. The number of piperazine rings is 1. The third-order valence-electron chi connectivity index (χ3n) is 8.87. The monoisotopic (exact) mass is 618 g/mol. The summed E-state index contributed by atoms with van der Waals surface area (Å²) < 4.78 is 12.0. The van der Waals surface area contributed by atoms with Gasteiger partial charge in [-0.3, -0.25) is 4.79 Å². The van der Waals surface area contributed by atoms with Crippen LogP contribution in [0.5, 0.6) is 5.75 Å². The van der Waals surface area contributed by atoms with Crippen LogP contribution in [0.1, 0.15) is 108 Å². The molecular weight excluding hydrogens is 556 g/mol. The number of benzene rings is 1. The standard InChI is InChI=1S/C31H44N2O2.C9H18O/c1-11-17-35-27-16-14-15-24(29(27)21(4)12-2)30-26-18-22(5)25(23(6)34-13-3)19-33(26)28(20-32(30)10)31(7,8)9;1-4-6-7-9(10)8(3)5-2/h14-16,18-19,28H,5-6,11-13,17,20H2,1-4,7-10H3;8H,4-7H2,1-3H3/b29-21?,30-24-;. The molecule has 2 unspecified atom stereocenters. The van der Waals surface area contributed by atoms with E-state index in [1.807, 2.05) is 13.8 Å². The Labute approximate surface area is 275 Å². The van der Waals surface area contributed by atoms with Crippen molar-refractivity contribution >= 4 is 17.1 Å². The zero-order chi connectivity index (χ0) is 33.9. The first kappa shape index (κ1) is 38.0. The van der Waals surface area contributed by atoms with Crippen molar-refractivity contribution < 1.29 is 14.3 Å². The van der Waals surface area contributed by atoms with Crippen LogP contribution in [-0.2, 0) is 9.53 Å². The van der Waals surface area contributed by atoms with Crippen LogP contribution in [0.2, 0.25) is 0 Å². The van der Waals surface area contributed by atoms with E-state index in [9.17, 15) is 4.79 Å². The minimum atomic E-state index is 0.0620. The fourth-order valence-electron chi connectivity index (χ4n) is 5.73. The van der Waals surface area contributed by atoms with Crippen molar-refractivity contribution in [2.45, 2.75) is 114 Å². The van der Waals surface area contributed by atoms with Crippen LogP contribution in [0.25, 0.3) is 11.3 Å². The summed E-state index contributed by atoms with van der Waals surface area (Å²) >= 11 is 0. The molecule has 2 atom stereocenters. The average Bonchev–Trinajstić information content (AvgIpc) is 3.00. The third kappa shape index (κ3) is 9.64. The number of fused-ring (bicyclic) bond motifs is 1. The fraction of sp³-hybridized carbons (Fsp3) is 0.575. The summed E-state index contributed by atoms with van der Waals surface area (Å²) in [6, 6.07) is 6.73. The van der Waals surface area contributed by atoms with Crippen LogP contribution in [0.4, 0.5) is 0 Å². The molecule has 5 heteroatoms. The van der Waals surface area contributed by atoms with Gasteiger partial charge in [0.2, 0.25) is 0 Å². The Morgan fingerprint density at radius 3 is 2.36 bits per heavy atom. The first-order valence-electron chi connectivity index (χ1n) is 17.2. The van der Waals surface area contributed by atoms with Crippen molar-refractivity contribution in [3.05, 3.63) is 76.7 Å². The number of ketones is 1. The van der Waals surface area contributed by atoms with E-state index in [4.69, 9.17) is 9.47 Å². The van der Waals surface area contributed by atoms with Crippen LogP contribution < -0.4 is 15.2 Å². The van der Waals surface area contributed by atoms with Crippen molar-refractivity contribution in [3.63, 3.8) is 0 Å². The maximum Gasteiger partial charge on any atom is 0.135 e. The highest BCUT2D eigenvalue weighted by Crippen LogP contribution is 2.41. The second-order valence-electron chi connectivity index (χ2n) is 13.5. The molecule has 2 aliphatic rings. The summed E-state index contributed by atoms with van der Waals surface area (Å²) in [5.41, 5.74) is 5.64. The van der Waals surface area contributed by atoms with Gasteiger partial charge in [0.25, 0.3) is 0 Å². The largest absolute Gasteiger partial charge is 0.494 e. The first-order valence-corrected chi connectivity index (χ1v) is 17.2. The summed E-state index contributed by atoms with van der Waals surface area (Å²) in [7, 11) is 2.21. The molecule has 0 radical (unpaired) electrons. The molecule has 2 heterocycles. The van der Waals surface area contributed by atoms with Crippen LogP contribution >= 0.6 is 0 Å². The highest BCUT2D eigenvalue weighted by atomic mass is 16.5. The maximum absolute atomic E-state index is 11.1. The number of Topliss-reactive ketones (excluding diaryl/α,β-unsaturated/α-hetero) is 1. The van der Waals surface area contributed by atoms with Gasteiger partial charge >= 0.3 is 0 Å². The van der Waals surface area contributed by atoms with Gasteiger partial charge in [0.05, 0.1) is 30.6 Å². The Morgan fingerprint density at radius 2 is 1.80 bits per heavy atom. The Morgan fingerprint density at radius 1 is 1.11 bits per heavy atom. The second-order valence-corrected chi connectivity index (χ2v) is 13.5. The van der Waals surface area contributed by atoms with E-state index in [1.165, 1.54) is 21.7 Å². The third-order valence-corrected chi connectivity index (χ3v) is 8.87. The van der Waals surface area contributed by atoms with Gasteiger partial charge in [-0.05, 0) is 62.7 Å². The van der Waals surface area contributed by atoms with Gasteiger partial charge in [0.15, 0.2) is 0 Å². The van der Waals surface area contributed by atoms with E-state index < -0.39 is 0 Å². The number of likely N-dealkylation sites (N-methyl/N-ethyl adjacent to an activating group) is 1. The molecule has 0 aliphatic carbocycles. The summed E-state index contributed by atoms with van der Waals surface area (Å²) in [6.45, 7) is 32.4. The molecule has 5 nitrogen and oxygen atoms in total. The predicted molar refractivity (Wildman–Crippen MR) is 192 cm³/mol. The molecule has 0 amide bonds. The number of allylic oxidation sites excluding steroid dienone is 2. The molecule has 45 heavy (non-hydrogen) atoms. The van der Waals surface area contributed by atoms with Crippen LogP contribution in [-0.4, -0.2) is 48.4 Å². The topological polar surface area (TPSA) is 42.0 Å². The van der Waals surface area contributed by atoms with E-state index in [1.54, 1.807) is 0 Å². The van der Waals surface area contributed by atoms with E-state index in [2.05, 4.69) is 116 Å². The van der Waals surface area contributed by atoms with Crippen molar-refractivity contribution in [1.82, 2.24) is 9.80 Å². The van der Waals surface area contributed by atoms with Gasteiger partial charge in [-0.25, -0.2) is 0 Å². The van der Waals surface area contributed by atoms with Gasteiger partial charge in [-0.15, -0.1) is 0 Å². The van der Waals surface area contributed by atoms with Crippen LogP contribution in [0, 0.1) is 11.3 Å². The molecule has 1 aromatic rings. The molecule has 2 aliphatic heterocycles. The van der Waals surface area contributed by atoms with Crippen LogP contribution in [0.15, 0.2) is 66.2 Å². The van der Waals surface area contributed by atoms with Crippen molar-refractivity contribution in [2.75, 3.05) is 26.8 Å². The molecule has 1 fully saturated rings. The molecule has 0 spiro atoms. The Hall–Kier alpha value is -3.21. The molecule has 1 saturated heterocycles. The number of ether oxygens (including phenoxy) is 2. The van der Waals surface area contributed by atoms with E-state index in [-0.39, 0.29) is 17.4 Å². The molecular formula is C40H62N2O3. The number of nitrogens with zero attached hydrogens (tertiary/aromatic N) is 2.